The second kappa shape index (κ2) is 4.39. The number of halogens is 1. The molecule has 0 radical (unpaired) electrons. The molecule has 0 aromatic carbocycles. The fraction of sp³-hybridized carbons (Fsp3) is 0.571. The summed E-state index contributed by atoms with van der Waals surface area (Å²) in [5.74, 6) is 0.391. The van der Waals surface area contributed by atoms with Crippen LogP contribution in [0.15, 0.2) is 6.20 Å². The molecule has 78 valence electrons. The monoisotopic (exact) mass is 219 g/mol. The zero-order chi connectivity index (χ0) is 10.7. The van der Waals surface area contributed by atoms with Gasteiger partial charge < -0.3 is 15.2 Å². The molecule has 0 saturated heterocycles. The van der Waals surface area contributed by atoms with Gasteiger partial charge in [0.15, 0.2) is 5.82 Å². The van der Waals surface area contributed by atoms with Crippen molar-refractivity contribution in [3.05, 3.63) is 22.1 Å². The summed E-state index contributed by atoms with van der Waals surface area (Å²) in [4.78, 5) is 13.8. The van der Waals surface area contributed by atoms with E-state index in [-0.39, 0.29) is 18.2 Å². The quantitative estimate of drug-likeness (QED) is 0.459. The third kappa shape index (κ3) is 2.21. The smallest absolute Gasteiger partial charge is 0.342 e. The van der Waals surface area contributed by atoms with Gasteiger partial charge in [-0.2, -0.15) is 0 Å². The third-order valence-corrected chi connectivity index (χ3v) is 2.15. The Kier molecular flexibility index (Phi) is 3.43. The molecular formula is C7H10ClN3O3. The van der Waals surface area contributed by atoms with Gasteiger partial charge in [-0.05, 0) is 4.92 Å². The second-order valence-electron chi connectivity index (χ2n) is 2.84. The number of alkyl halides is 1. The van der Waals surface area contributed by atoms with Gasteiger partial charge in [0, 0.05) is 6.92 Å². The van der Waals surface area contributed by atoms with Crippen molar-refractivity contribution in [2.75, 3.05) is 5.88 Å². The number of rotatable bonds is 4. The average molecular weight is 220 g/mol. The maximum absolute atomic E-state index is 10.5. The Morgan fingerprint density at radius 1 is 1.86 bits per heavy atom. The Morgan fingerprint density at radius 2 is 2.50 bits per heavy atom. The van der Waals surface area contributed by atoms with Gasteiger partial charge in [-0.3, -0.25) is 0 Å². The molecule has 0 saturated carbocycles. The number of aromatic nitrogens is 2. The summed E-state index contributed by atoms with van der Waals surface area (Å²) >= 11 is 5.40. The minimum Gasteiger partial charge on any atom is -0.388 e. The summed E-state index contributed by atoms with van der Waals surface area (Å²) in [6.45, 7) is 1.72. The molecule has 1 atom stereocenters. The average Bonchev–Trinajstić information content (AvgIpc) is 2.48. The van der Waals surface area contributed by atoms with Gasteiger partial charge in [0.2, 0.25) is 0 Å². The van der Waals surface area contributed by atoms with Gasteiger partial charge in [0.25, 0.3) is 0 Å². The largest absolute Gasteiger partial charge is 0.388 e. The van der Waals surface area contributed by atoms with Gasteiger partial charge in [0.1, 0.15) is 18.8 Å². The van der Waals surface area contributed by atoms with Gasteiger partial charge in [-0.1, -0.05) is 0 Å². The molecule has 1 rings (SSSR count). The molecule has 0 fully saturated rings. The zero-order valence-corrected chi connectivity index (χ0v) is 8.31. The number of hydrogen-bond acceptors (Lipinski definition) is 4. The molecule has 0 bridgehead atoms. The SMILES string of the molecule is Cc1ncc([N+](=O)[O-])n1C[C@@H](O)CCl. The van der Waals surface area contributed by atoms with Gasteiger partial charge in [-0.15, -0.1) is 11.6 Å². The lowest BCUT2D eigenvalue weighted by atomic mass is 10.4. The molecule has 0 aliphatic carbocycles. The Hall–Kier alpha value is -1.14. The molecule has 0 spiro atoms. The normalized spacial score (nSPS) is 12.8. The van der Waals surface area contributed by atoms with E-state index in [0.717, 1.165) is 6.20 Å². The lowest BCUT2D eigenvalue weighted by Gasteiger charge is -2.06. The predicted molar refractivity (Wildman–Crippen MR) is 50.3 cm³/mol. The molecule has 0 amide bonds. The lowest BCUT2D eigenvalue weighted by molar-refractivity contribution is -0.392. The predicted octanol–water partition coefficient (Wildman–Crippen LogP) is 0.699. The molecule has 0 unspecified atom stereocenters. The highest BCUT2D eigenvalue weighted by Gasteiger charge is 2.19. The lowest BCUT2D eigenvalue weighted by Crippen LogP contribution is -2.19. The van der Waals surface area contributed by atoms with E-state index in [1.807, 2.05) is 0 Å². The number of hydrogen-bond donors (Lipinski definition) is 1. The summed E-state index contributed by atoms with van der Waals surface area (Å²) < 4.78 is 1.33. The van der Waals surface area contributed by atoms with Crippen LogP contribution in [0, 0.1) is 17.0 Å². The van der Waals surface area contributed by atoms with Crippen molar-refractivity contribution in [3.8, 4) is 0 Å². The highest BCUT2D eigenvalue weighted by atomic mass is 35.5. The van der Waals surface area contributed by atoms with Crippen LogP contribution in [0.4, 0.5) is 5.82 Å². The number of aliphatic hydroxyl groups is 1. The van der Waals surface area contributed by atoms with Crippen molar-refractivity contribution in [2.45, 2.75) is 19.6 Å². The number of nitrogens with zero attached hydrogens (tertiary/aromatic N) is 3. The number of aryl methyl sites for hydroxylation is 1. The van der Waals surface area contributed by atoms with Gasteiger partial charge >= 0.3 is 5.82 Å². The van der Waals surface area contributed by atoms with Crippen LogP contribution in [0.5, 0.6) is 0 Å². The minimum absolute atomic E-state index is 0.0365. The molecule has 1 heterocycles. The van der Waals surface area contributed by atoms with Crippen LogP contribution in [0.3, 0.4) is 0 Å². The highest BCUT2D eigenvalue weighted by molar-refractivity contribution is 6.18. The first-order chi connectivity index (χ1) is 6.56. The summed E-state index contributed by atoms with van der Waals surface area (Å²) in [5, 5.41) is 19.8. The van der Waals surface area contributed by atoms with Crippen molar-refractivity contribution in [2.24, 2.45) is 0 Å². The van der Waals surface area contributed by atoms with Crippen LogP contribution in [-0.2, 0) is 6.54 Å². The van der Waals surface area contributed by atoms with Crippen LogP contribution in [-0.4, -0.2) is 31.6 Å². The first-order valence-corrected chi connectivity index (χ1v) is 4.50. The Morgan fingerprint density at radius 3 is 3.00 bits per heavy atom. The van der Waals surface area contributed by atoms with E-state index in [4.69, 9.17) is 11.6 Å². The molecule has 1 aromatic rings. The third-order valence-electron chi connectivity index (χ3n) is 1.79. The molecular weight excluding hydrogens is 210 g/mol. The number of nitro groups is 1. The molecule has 7 heteroatoms. The van der Waals surface area contributed by atoms with E-state index in [9.17, 15) is 15.2 Å². The highest BCUT2D eigenvalue weighted by Crippen LogP contribution is 2.14. The molecule has 0 aliphatic heterocycles. The molecule has 1 N–H and O–H groups in total. The first-order valence-electron chi connectivity index (χ1n) is 3.96. The fourth-order valence-corrected chi connectivity index (χ4v) is 1.18. The summed E-state index contributed by atoms with van der Waals surface area (Å²) in [7, 11) is 0. The zero-order valence-electron chi connectivity index (χ0n) is 7.55. The first kappa shape index (κ1) is 10.9. The molecule has 14 heavy (non-hydrogen) atoms. The van der Waals surface area contributed by atoms with E-state index in [1.165, 1.54) is 4.57 Å². The Bertz CT molecular complexity index is 339. The summed E-state index contributed by atoms with van der Waals surface area (Å²) in [6, 6.07) is 0. The summed E-state index contributed by atoms with van der Waals surface area (Å²) in [6.07, 6.45) is 0.360. The standard InChI is InChI=1S/C7H10ClN3O3/c1-5-9-3-7(11(13)14)10(5)4-6(12)2-8/h3,6,12H,2,4H2,1H3/t6-/m0/s1. The van der Waals surface area contributed by atoms with E-state index >= 15 is 0 Å². The Balaban J connectivity index is 2.93. The van der Waals surface area contributed by atoms with Crippen LogP contribution in [0.25, 0.3) is 0 Å². The van der Waals surface area contributed by atoms with E-state index in [0.29, 0.717) is 5.82 Å². The maximum Gasteiger partial charge on any atom is 0.342 e. The van der Waals surface area contributed by atoms with Crippen molar-refractivity contribution in [1.29, 1.82) is 0 Å². The number of imidazole rings is 1. The molecule has 6 nitrogen and oxygen atoms in total. The van der Waals surface area contributed by atoms with E-state index in [1.54, 1.807) is 6.92 Å². The van der Waals surface area contributed by atoms with Crippen LogP contribution in [0.1, 0.15) is 5.82 Å². The molecule has 1 aromatic heterocycles. The van der Waals surface area contributed by atoms with Crippen LogP contribution in [0.2, 0.25) is 0 Å². The fourth-order valence-electron chi connectivity index (χ4n) is 1.09. The summed E-state index contributed by atoms with van der Waals surface area (Å²) in [5.41, 5.74) is 0. The number of aliphatic hydroxyl groups excluding tert-OH is 1. The van der Waals surface area contributed by atoms with Crippen LogP contribution >= 0.6 is 11.6 Å². The van der Waals surface area contributed by atoms with Crippen LogP contribution < -0.4 is 0 Å². The second-order valence-corrected chi connectivity index (χ2v) is 3.15. The topological polar surface area (TPSA) is 81.2 Å². The molecule has 0 aliphatic rings. The van der Waals surface area contributed by atoms with E-state index < -0.39 is 11.0 Å². The van der Waals surface area contributed by atoms with Gasteiger partial charge in [0.05, 0.1) is 5.88 Å². The van der Waals surface area contributed by atoms with Crippen molar-refractivity contribution in [1.82, 2.24) is 9.55 Å². The van der Waals surface area contributed by atoms with Gasteiger partial charge in [-0.25, -0.2) is 9.55 Å². The minimum atomic E-state index is -0.803. The Labute approximate surface area is 85.3 Å². The van der Waals surface area contributed by atoms with Crippen molar-refractivity contribution >= 4 is 17.4 Å². The van der Waals surface area contributed by atoms with Crippen molar-refractivity contribution < 1.29 is 10.0 Å². The van der Waals surface area contributed by atoms with E-state index in [2.05, 4.69) is 4.98 Å². The maximum atomic E-state index is 10.5. The van der Waals surface area contributed by atoms with Crippen molar-refractivity contribution in [3.63, 3.8) is 0 Å².